The van der Waals surface area contributed by atoms with Gasteiger partial charge in [-0.3, -0.25) is 4.79 Å². The third-order valence-electron chi connectivity index (χ3n) is 5.65. The third kappa shape index (κ3) is 4.82. The van der Waals surface area contributed by atoms with Crippen LogP contribution in [0.5, 0.6) is 0 Å². The van der Waals surface area contributed by atoms with Crippen molar-refractivity contribution in [3.8, 4) is 0 Å². The summed E-state index contributed by atoms with van der Waals surface area (Å²) in [7, 11) is 0. The number of imidazole rings is 1. The maximum atomic E-state index is 11.3. The van der Waals surface area contributed by atoms with Gasteiger partial charge < -0.3 is 19.9 Å². The summed E-state index contributed by atoms with van der Waals surface area (Å²) in [4.78, 5) is 15.9. The molecule has 1 saturated carbocycles. The Kier molecular flexibility index (Phi) is 6.48. The smallest absolute Gasteiger partial charge is 0.217 e. The van der Waals surface area contributed by atoms with Gasteiger partial charge in [0.15, 0.2) is 0 Å². The molecule has 0 bridgehead atoms. The molecule has 0 spiro atoms. The zero-order valence-electron chi connectivity index (χ0n) is 15.5. The molecule has 6 heteroatoms. The topological polar surface area (TPSA) is 68.2 Å². The first-order valence-electron chi connectivity index (χ1n) is 9.79. The van der Waals surface area contributed by atoms with Crippen LogP contribution in [0.3, 0.4) is 0 Å². The average molecular weight is 348 g/mol. The summed E-state index contributed by atoms with van der Waals surface area (Å²) < 4.78 is 7.83. The molecule has 2 aliphatic rings. The van der Waals surface area contributed by atoms with Crippen molar-refractivity contribution >= 4 is 5.91 Å². The van der Waals surface area contributed by atoms with E-state index < -0.39 is 0 Å². The van der Waals surface area contributed by atoms with Gasteiger partial charge in [0.1, 0.15) is 5.82 Å². The Morgan fingerprint density at radius 3 is 2.56 bits per heavy atom. The number of hydrogen-bond donors (Lipinski definition) is 2. The minimum atomic E-state index is 0.0847. The maximum absolute atomic E-state index is 11.3. The minimum Gasteiger partial charge on any atom is -0.381 e. The van der Waals surface area contributed by atoms with Crippen molar-refractivity contribution in [2.45, 2.75) is 77.0 Å². The standard InChI is InChI=1S/C19H32N4O2/c1-3-23-11-10-20-19(23)18(15-8-12-25-13-9-15)22-17-6-4-16(5-7-17)21-14(2)24/h10-11,15-18,22H,3-9,12-13H2,1-2H3,(H,21,24)/t16?,17?,18-/m1/s1. The zero-order valence-corrected chi connectivity index (χ0v) is 15.5. The molecule has 140 valence electrons. The lowest BCUT2D eigenvalue weighted by Gasteiger charge is -2.36. The first kappa shape index (κ1) is 18.4. The highest BCUT2D eigenvalue weighted by molar-refractivity contribution is 5.73. The summed E-state index contributed by atoms with van der Waals surface area (Å²) >= 11 is 0. The molecule has 0 radical (unpaired) electrons. The van der Waals surface area contributed by atoms with Crippen LogP contribution in [0.1, 0.15) is 64.2 Å². The molecule has 6 nitrogen and oxygen atoms in total. The minimum absolute atomic E-state index is 0.0847. The maximum Gasteiger partial charge on any atom is 0.217 e. The fourth-order valence-corrected chi connectivity index (χ4v) is 4.28. The van der Waals surface area contributed by atoms with Crippen LogP contribution in [0.25, 0.3) is 0 Å². The molecule has 2 heterocycles. The van der Waals surface area contributed by atoms with Crippen molar-refractivity contribution in [1.82, 2.24) is 20.2 Å². The number of aryl methyl sites for hydroxylation is 1. The van der Waals surface area contributed by atoms with Gasteiger partial charge in [-0.15, -0.1) is 0 Å². The Hall–Kier alpha value is -1.40. The SMILES string of the molecule is CCn1ccnc1[C@H](NC1CCC(NC(C)=O)CC1)C1CCOCC1. The summed E-state index contributed by atoms with van der Waals surface area (Å²) in [6.07, 6.45) is 10.5. The average Bonchev–Trinajstić information content (AvgIpc) is 3.10. The van der Waals surface area contributed by atoms with E-state index in [0.717, 1.165) is 58.3 Å². The normalized spacial score (nSPS) is 26.3. The second-order valence-corrected chi connectivity index (χ2v) is 7.41. The van der Waals surface area contributed by atoms with E-state index >= 15 is 0 Å². The molecule has 1 aromatic heterocycles. The van der Waals surface area contributed by atoms with Gasteiger partial charge in [-0.2, -0.15) is 0 Å². The van der Waals surface area contributed by atoms with Crippen LogP contribution >= 0.6 is 0 Å². The van der Waals surface area contributed by atoms with E-state index in [1.165, 1.54) is 5.82 Å². The molecule has 2 fully saturated rings. The lowest BCUT2D eigenvalue weighted by molar-refractivity contribution is -0.119. The van der Waals surface area contributed by atoms with E-state index in [2.05, 4.69) is 33.3 Å². The fraction of sp³-hybridized carbons (Fsp3) is 0.789. The number of nitrogens with one attached hydrogen (secondary N) is 2. The Bertz CT molecular complexity index is 545. The molecule has 0 aromatic carbocycles. The highest BCUT2D eigenvalue weighted by atomic mass is 16.5. The lowest BCUT2D eigenvalue weighted by Crippen LogP contribution is -2.45. The first-order chi connectivity index (χ1) is 12.2. The van der Waals surface area contributed by atoms with Gasteiger partial charge in [-0.1, -0.05) is 0 Å². The van der Waals surface area contributed by atoms with Crippen LogP contribution in [-0.2, 0) is 16.1 Å². The van der Waals surface area contributed by atoms with Crippen LogP contribution in [-0.4, -0.2) is 40.8 Å². The van der Waals surface area contributed by atoms with Crippen LogP contribution in [0.4, 0.5) is 0 Å². The van der Waals surface area contributed by atoms with Gasteiger partial charge in [0, 0.05) is 51.2 Å². The number of ether oxygens (including phenoxy) is 1. The zero-order chi connectivity index (χ0) is 17.6. The molecule has 3 rings (SSSR count). The summed E-state index contributed by atoms with van der Waals surface area (Å²) in [6, 6.07) is 1.13. The highest BCUT2D eigenvalue weighted by Gasteiger charge is 2.31. The van der Waals surface area contributed by atoms with Crippen LogP contribution in [0.2, 0.25) is 0 Å². The Morgan fingerprint density at radius 1 is 1.24 bits per heavy atom. The summed E-state index contributed by atoms with van der Waals surface area (Å²) in [5.74, 6) is 1.83. The Labute approximate surface area is 150 Å². The van der Waals surface area contributed by atoms with E-state index in [9.17, 15) is 4.79 Å². The molecule has 0 unspecified atom stereocenters. The third-order valence-corrected chi connectivity index (χ3v) is 5.65. The lowest BCUT2D eigenvalue weighted by atomic mass is 9.87. The van der Waals surface area contributed by atoms with Gasteiger partial charge in [0.2, 0.25) is 5.91 Å². The van der Waals surface area contributed by atoms with E-state index in [1.807, 2.05) is 6.20 Å². The number of hydrogen-bond acceptors (Lipinski definition) is 4. The van der Waals surface area contributed by atoms with Gasteiger partial charge in [-0.05, 0) is 51.4 Å². The molecule has 1 atom stereocenters. The van der Waals surface area contributed by atoms with Crippen molar-refractivity contribution in [3.63, 3.8) is 0 Å². The number of amides is 1. The number of nitrogens with zero attached hydrogens (tertiary/aromatic N) is 2. The Balaban J connectivity index is 1.65. The molecule has 25 heavy (non-hydrogen) atoms. The molecular formula is C19H32N4O2. The quantitative estimate of drug-likeness (QED) is 0.828. The van der Waals surface area contributed by atoms with Crippen molar-refractivity contribution < 1.29 is 9.53 Å². The van der Waals surface area contributed by atoms with Crippen molar-refractivity contribution in [3.05, 3.63) is 18.2 Å². The van der Waals surface area contributed by atoms with Crippen molar-refractivity contribution in [2.24, 2.45) is 5.92 Å². The predicted octanol–water partition coefficient (Wildman–Crippen LogP) is 2.41. The summed E-state index contributed by atoms with van der Waals surface area (Å²) in [5.41, 5.74) is 0. The monoisotopic (exact) mass is 348 g/mol. The van der Waals surface area contributed by atoms with Crippen molar-refractivity contribution in [2.75, 3.05) is 13.2 Å². The van der Waals surface area contributed by atoms with Gasteiger partial charge in [0.25, 0.3) is 0 Å². The number of carbonyl (C=O) groups excluding carboxylic acids is 1. The first-order valence-corrected chi connectivity index (χ1v) is 9.79. The second-order valence-electron chi connectivity index (χ2n) is 7.41. The molecule has 1 amide bonds. The fourth-order valence-electron chi connectivity index (χ4n) is 4.28. The molecule has 2 N–H and O–H groups in total. The number of aromatic nitrogens is 2. The largest absolute Gasteiger partial charge is 0.381 e. The van der Waals surface area contributed by atoms with Crippen LogP contribution < -0.4 is 10.6 Å². The Morgan fingerprint density at radius 2 is 1.92 bits per heavy atom. The van der Waals surface area contributed by atoms with Crippen LogP contribution in [0, 0.1) is 5.92 Å². The molecule has 1 saturated heterocycles. The second kappa shape index (κ2) is 8.81. The van der Waals surface area contributed by atoms with Crippen molar-refractivity contribution in [1.29, 1.82) is 0 Å². The highest BCUT2D eigenvalue weighted by Crippen LogP contribution is 2.31. The van der Waals surface area contributed by atoms with E-state index in [-0.39, 0.29) is 5.91 Å². The van der Waals surface area contributed by atoms with Gasteiger partial charge in [-0.25, -0.2) is 4.98 Å². The van der Waals surface area contributed by atoms with E-state index in [4.69, 9.17) is 4.74 Å². The predicted molar refractivity (Wildman–Crippen MR) is 97.2 cm³/mol. The van der Waals surface area contributed by atoms with E-state index in [0.29, 0.717) is 24.0 Å². The molecule has 1 aromatic rings. The van der Waals surface area contributed by atoms with Gasteiger partial charge in [0.05, 0.1) is 6.04 Å². The van der Waals surface area contributed by atoms with Crippen LogP contribution in [0.15, 0.2) is 12.4 Å². The molecule has 1 aliphatic heterocycles. The summed E-state index contributed by atoms with van der Waals surface area (Å²) in [5, 5.41) is 6.99. The number of carbonyl (C=O) groups is 1. The molecular weight excluding hydrogens is 316 g/mol. The number of rotatable bonds is 6. The summed E-state index contributed by atoms with van der Waals surface area (Å²) in [6.45, 7) is 6.43. The van der Waals surface area contributed by atoms with E-state index in [1.54, 1.807) is 6.92 Å². The molecule has 1 aliphatic carbocycles. The van der Waals surface area contributed by atoms with Gasteiger partial charge >= 0.3 is 0 Å².